The van der Waals surface area contributed by atoms with Gasteiger partial charge in [-0.3, -0.25) is 0 Å². The van der Waals surface area contributed by atoms with Crippen molar-refractivity contribution in [2.45, 2.75) is 0 Å². The summed E-state index contributed by atoms with van der Waals surface area (Å²) in [4.78, 5) is 0. The average Bonchev–Trinajstić information content (AvgIpc) is 3.63. The maximum absolute atomic E-state index is 6.49. The predicted molar refractivity (Wildman–Crippen MR) is 145 cm³/mol. The van der Waals surface area contributed by atoms with Crippen LogP contribution < -0.4 is 0 Å². The van der Waals surface area contributed by atoms with Crippen LogP contribution in [0.1, 0.15) is 0 Å². The molecule has 0 radical (unpaired) electrons. The molecule has 9 rings (SSSR count). The average molecular weight is 447 g/mol. The third-order valence-corrected chi connectivity index (χ3v) is 7.65. The molecule has 4 aromatic carbocycles. The largest absolute Gasteiger partial charge is 0.454 e. The lowest BCUT2D eigenvalue weighted by Crippen LogP contribution is -1.95. The highest BCUT2D eigenvalue weighted by Crippen LogP contribution is 2.45. The van der Waals surface area contributed by atoms with Crippen molar-refractivity contribution in [3.63, 3.8) is 0 Å². The fourth-order valence-electron chi connectivity index (χ4n) is 6.31. The van der Waals surface area contributed by atoms with E-state index in [0.717, 1.165) is 27.6 Å². The number of rotatable bonds is 1. The van der Waals surface area contributed by atoms with Crippen LogP contribution in [0.5, 0.6) is 0 Å². The molecule has 162 valence electrons. The van der Waals surface area contributed by atoms with E-state index in [1.807, 2.05) is 6.07 Å². The molecule has 0 aliphatic carbocycles. The quantitative estimate of drug-likeness (QED) is 0.247. The minimum absolute atomic E-state index is 0.919. The zero-order chi connectivity index (χ0) is 22.7. The molecule has 0 spiro atoms. The second kappa shape index (κ2) is 6.02. The van der Waals surface area contributed by atoms with Crippen molar-refractivity contribution in [1.29, 1.82) is 0 Å². The highest BCUT2D eigenvalue weighted by atomic mass is 16.3. The molecule has 5 heterocycles. The Bertz CT molecular complexity index is 2270. The molecule has 0 atom stereocenters. The number of furan rings is 1. The molecule has 0 amide bonds. The van der Waals surface area contributed by atoms with Crippen LogP contribution in [0.2, 0.25) is 0 Å². The van der Waals surface area contributed by atoms with Crippen LogP contribution >= 0.6 is 0 Å². The van der Waals surface area contributed by atoms with Crippen molar-refractivity contribution in [1.82, 2.24) is 8.97 Å². The summed E-state index contributed by atoms with van der Waals surface area (Å²) in [7, 11) is 0. The van der Waals surface area contributed by atoms with E-state index in [4.69, 9.17) is 4.42 Å². The summed E-state index contributed by atoms with van der Waals surface area (Å²) in [6.45, 7) is 0. The van der Waals surface area contributed by atoms with Crippen molar-refractivity contribution in [3.8, 4) is 5.69 Å². The van der Waals surface area contributed by atoms with Crippen LogP contribution in [0.4, 0.5) is 0 Å². The monoisotopic (exact) mass is 446 g/mol. The Morgan fingerprint density at radius 3 is 2.03 bits per heavy atom. The van der Waals surface area contributed by atoms with Gasteiger partial charge < -0.3 is 13.4 Å². The van der Waals surface area contributed by atoms with Gasteiger partial charge in [-0.15, -0.1) is 0 Å². The van der Waals surface area contributed by atoms with Gasteiger partial charge in [-0.1, -0.05) is 78.9 Å². The minimum Gasteiger partial charge on any atom is -0.454 e. The van der Waals surface area contributed by atoms with Crippen molar-refractivity contribution >= 4 is 71.1 Å². The van der Waals surface area contributed by atoms with Gasteiger partial charge in [-0.2, -0.15) is 0 Å². The maximum Gasteiger partial charge on any atom is 0.159 e. The first-order chi connectivity index (χ1) is 17.4. The van der Waals surface area contributed by atoms with Gasteiger partial charge in [-0.25, -0.2) is 0 Å². The molecule has 0 fully saturated rings. The summed E-state index contributed by atoms with van der Waals surface area (Å²) in [6, 6.07) is 39.0. The SMILES string of the molecule is c1ccc2c(c1)oc1c(-n3c4ccccc4c4c3c3cccc5c6ccccc6c4n53)cccc12. The van der Waals surface area contributed by atoms with E-state index in [9.17, 15) is 0 Å². The molecule has 0 bridgehead atoms. The van der Waals surface area contributed by atoms with E-state index >= 15 is 0 Å². The highest BCUT2D eigenvalue weighted by molar-refractivity contribution is 6.30. The maximum atomic E-state index is 6.49. The number of benzene rings is 4. The van der Waals surface area contributed by atoms with Gasteiger partial charge in [0.25, 0.3) is 0 Å². The summed E-state index contributed by atoms with van der Waals surface area (Å²) in [6.07, 6.45) is 0. The molecule has 0 unspecified atom stereocenters. The normalized spacial score (nSPS) is 12.6. The Kier molecular flexibility index (Phi) is 3.04. The Labute approximate surface area is 199 Å². The standard InChI is InChI=1S/C32H18N2O/c1-2-11-21-19(9-1)24-15-8-16-26-31-29(30(21)33(24)26)23-12-3-5-14-25(23)34(31)27-17-7-13-22-20-10-4-6-18-28(20)35-32(22)27/h1-18H. The van der Waals surface area contributed by atoms with Crippen LogP contribution in [0.3, 0.4) is 0 Å². The van der Waals surface area contributed by atoms with Gasteiger partial charge in [0.05, 0.1) is 33.3 Å². The van der Waals surface area contributed by atoms with Crippen molar-refractivity contribution in [2.75, 3.05) is 0 Å². The molecule has 0 aliphatic rings. The first-order valence-corrected chi connectivity index (χ1v) is 12.0. The summed E-state index contributed by atoms with van der Waals surface area (Å²) < 4.78 is 11.3. The van der Waals surface area contributed by atoms with E-state index in [1.54, 1.807) is 0 Å². The zero-order valence-corrected chi connectivity index (χ0v) is 18.7. The van der Waals surface area contributed by atoms with Gasteiger partial charge in [0.1, 0.15) is 5.58 Å². The Morgan fingerprint density at radius 2 is 1.11 bits per heavy atom. The number of pyridine rings is 1. The minimum atomic E-state index is 0.919. The van der Waals surface area contributed by atoms with E-state index in [-0.39, 0.29) is 0 Å². The summed E-state index contributed by atoms with van der Waals surface area (Å²) in [5.74, 6) is 0. The first-order valence-electron chi connectivity index (χ1n) is 12.0. The van der Waals surface area contributed by atoms with Gasteiger partial charge in [0.15, 0.2) is 5.58 Å². The van der Waals surface area contributed by atoms with Crippen LogP contribution in [0.25, 0.3) is 76.8 Å². The summed E-state index contributed by atoms with van der Waals surface area (Å²) >= 11 is 0. The van der Waals surface area contributed by atoms with Gasteiger partial charge in [-0.05, 0) is 30.3 Å². The lowest BCUT2D eigenvalue weighted by molar-refractivity contribution is 0.666. The molecular formula is C32H18N2O. The highest BCUT2D eigenvalue weighted by Gasteiger charge is 2.25. The Morgan fingerprint density at radius 1 is 0.457 bits per heavy atom. The number of fused-ring (bicyclic) bond motifs is 11. The predicted octanol–water partition coefficient (Wildman–Crippen LogP) is 8.68. The van der Waals surface area contributed by atoms with Crippen molar-refractivity contribution in [2.24, 2.45) is 0 Å². The molecule has 35 heavy (non-hydrogen) atoms. The molecule has 9 aromatic rings. The van der Waals surface area contributed by atoms with Crippen LogP contribution in [-0.2, 0) is 0 Å². The topological polar surface area (TPSA) is 22.5 Å². The molecule has 3 nitrogen and oxygen atoms in total. The van der Waals surface area contributed by atoms with Crippen LogP contribution in [-0.4, -0.2) is 8.97 Å². The fraction of sp³-hybridized carbons (Fsp3) is 0. The number of hydrogen-bond acceptors (Lipinski definition) is 1. The van der Waals surface area contributed by atoms with Gasteiger partial charge in [0.2, 0.25) is 0 Å². The number of hydrogen-bond donors (Lipinski definition) is 0. The third kappa shape index (κ3) is 2.00. The Balaban J connectivity index is 1.58. The lowest BCUT2D eigenvalue weighted by Gasteiger charge is -2.09. The fourth-order valence-corrected chi connectivity index (χ4v) is 6.31. The van der Waals surface area contributed by atoms with E-state index in [1.165, 1.54) is 49.1 Å². The molecule has 0 N–H and O–H groups in total. The lowest BCUT2D eigenvalue weighted by atomic mass is 10.1. The molecule has 0 aliphatic heterocycles. The molecule has 3 heteroatoms. The van der Waals surface area contributed by atoms with Gasteiger partial charge in [0, 0.05) is 32.3 Å². The van der Waals surface area contributed by atoms with Gasteiger partial charge >= 0.3 is 0 Å². The summed E-state index contributed by atoms with van der Waals surface area (Å²) in [5, 5.41) is 7.44. The van der Waals surface area contributed by atoms with E-state index < -0.39 is 0 Å². The van der Waals surface area contributed by atoms with Crippen molar-refractivity contribution in [3.05, 3.63) is 109 Å². The zero-order valence-electron chi connectivity index (χ0n) is 18.7. The van der Waals surface area contributed by atoms with Crippen LogP contribution in [0, 0.1) is 0 Å². The number of para-hydroxylation sites is 3. The molecular weight excluding hydrogens is 428 g/mol. The second-order valence-electron chi connectivity index (χ2n) is 9.35. The van der Waals surface area contributed by atoms with Crippen LogP contribution in [0.15, 0.2) is 114 Å². The number of nitrogens with zero attached hydrogens (tertiary/aromatic N) is 2. The van der Waals surface area contributed by atoms with E-state index in [2.05, 4.69) is 112 Å². The third-order valence-electron chi connectivity index (χ3n) is 7.65. The smallest absolute Gasteiger partial charge is 0.159 e. The second-order valence-corrected chi connectivity index (χ2v) is 9.35. The summed E-state index contributed by atoms with van der Waals surface area (Å²) in [5.41, 5.74) is 9.09. The van der Waals surface area contributed by atoms with E-state index in [0.29, 0.717) is 0 Å². The molecule has 0 saturated heterocycles. The number of aromatic nitrogens is 2. The Hall–Kier alpha value is -4.76. The van der Waals surface area contributed by atoms with Crippen molar-refractivity contribution < 1.29 is 4.42 Å². The first kappa shape index (κ1) is 17.7. The molecule has 5 aromatic heterocycles. The molecule has 0 saturated carbocycles.